The zero-order valence-electron chi connectivity index (χ0n) is 11.0. The minimum absolute atomic E-state index is 0.0595. The maximum absolute atomic E-state index is 11.2. The van der Waals surface area contributed by atoms with E-state index in [9.17, 15) is 20.0 Å². The number of carboxylic acids is 1. The van der Waals surface area contributed by atoms with Gasteiger partial charge in [-0.25, -0.2) is 4.79 Å². The number of benzene rings is 2. The highest BCUT2D eigenvalue weighted by Gasteiger charge is 2.21. The molecule has 7 heteroatoms. The number of carboxylic acid groups (broad SMARTS) is 1. The third-order valence-electron chi connectivity index (χ3n) is 2.99. The minimum Gasteiger partial charge on any atom is -0.478 e. The zero-order chi connectivity index (χ0) is 15.6. The van der Waals surface area contributed by atoms with Gasteiger partial charge in [0.25, 0.3) is 5.69 Å². The van der Waals surface area contributed by atoms with Crippen molar-refractivity contribution in [2.45, 2.75) is 0 Å². The van der Waals surface area contributed by atoms with Crippen LogP contribution in [0.3, 0.4) is 0 Å². The number of carbonyl (C=O) groups is 1. The number of rotatable bonds is 4. The van der Waals surface area contributed by atoms with Crippen molar-refractivity contribution in [1.82, 2.24) is 0 Å². The van der Waals surface area contributed by atoms with Crippen molar-refractivity contribution in [3.05, 3.63) is 63.2 Å². The van der Waals surface area contributed by atoms with Crippen molar-refractivity contribution in [2.75, 3.05) is 11.9 Å². The first-order valence-corrected chi connectivity index (χ1v) is 6.29. The van der Waals surface area contributed by atoms with Crippen LogP contribution in [0, 0.1) is 10.1 Å². The van der Waals surface area contributed by atoms with E-state index in [1.165, 1.54) is 29.2 Å². The molecule has 21 heavy (non-hydrogen) atoms. The second-order valence-corrected chi connectivity index (χ2v) is 4.71. The average Bonchev–Trinajstić information content (AvgIpc) is 2.46. The summed E-state index contributed by atoms with van der Waals surface area (Å²) in [6, 6.07) is 10.5. The second kappa shape index (κ2) is 5.80. The number of nitro groups is 1. The minimum atomic E-state index is -1.10. The van der Waals surface area contributed by atoms with E-state index in [0.717, 1.165) is 0 Å². The van der Waals surface area contributed by atoms with Gasteiger partial charge in [0.2, 0.25) is 0 Å². The maximum atomic E-state index is 11.2. The van der Waals surface area contributed by atoms with Crippen LogP contribution in [-0.4, -0.2) is 23.0 Å². The van der Waals surface area contributed by atoms with Gasteiger partial charge in [-0.1, -0.05) is 23.7 Å². The van der Waals surface area contributed by atoms with Gasteiger partial charge in [0, 0.05) is 18.1 Å². The fraction of sp³-hybridized carbons (Fsp3) is 0.0714. The van der Waals surface area contributed by atoms with Crippen LogP contribution in [0.4, 0.5) is 17.1 Å². The fourth-order valence-electron chi connectivity index (χ4n) is 2.00. The molecule has 0 heterocycles. The van der Waals surface area contributed by atoms with Gasteiger partial charge in [-0.3, -0.25) is 10.1 Å². The monoisotopic (exact) mass is 306 g/mol. The lowest BCUT2D eigenvalue weighted by Crippen LogP contribution is -2.15. The largest absolute Gasteiger partial charge is 0.478 e. The Morgan fingerprint density at radius 3 is 2.52 bits per heavy atom. The van der Waals surface area contributed by atoms with Gasteiger partial charge < -0.3 is 10.0 Å². The summed E-state index contributed by atoms with van der Waals surface area (Å²) >= 11 is 5.78. The van der Waals surface area contributed by atoms with Gasteiger partial charge in [-0.05, 0) is 24.3 Å². The number of para-hydroxylation sites is 1. The Morgan fingerprint density at radius 2 is 1.90 bits per heavy atom. The Labute approximate surface area is 125 Å². The summed E-state index contributed by atoms with van der Waals surface area (Å²) in [5, 5.41) is 20.6. The zero-order valence-corrected chi connectivity index (χ0v) is 11.7. The van der Waals surface area contributed by atoms with Crippen LogP contribution in [0.25, 0.3) is 0 Å². The first kappa shape index (κ1) is 14.8. The molecule has 0 saturated carbocycles. The van der Waals surface area contributed by atoms with Crippen LogP contribution < -0.4 is 4.90 Å². The van der Waals surface area contributed by atoms with E-state index in [4.69, 9.17) is 11.6 Å². The second-order valence-electron chi connectivity index (χ2n) is 4.27. The molecule has 0 amide bonds. The lowest BCUT2D eigenvalue weighted by atomic mass is 10.1. The predicted octanol–water partition coefficient (Wildman–Crippen LogP) is 3.71. The van der Waals surface area contributed by atoms with Gasteiger partial charge in [0.15, 0.2) is 0 Å². The molecule has 0 fully saturated rings. The third-order valence-corrected chi connectivity index (χ3v) is 3.23. The van der Waals surface area contributed by atoms with Gasteiger partial charge in [-0.15, -0.1) is 0 Å². The Balaban J connectivity index is 2.58. The van der Waals surface area contributed by atoms with Crippen LogP contribution >= 0.6 is 11.6 Å². The molecule has 2 aromatic rings. The molecule has 2 rings (SSSR count). The van der Waals surface area contributed by atoms with E-state index < -0.39 is 10.9 Å². The molecule has 0 aliphatic rings. The first-order valence-electron chi connectivity index (χ1n) is 5.92. The van der Waals surface area contributed by atoms with E-state index >= 15 is 0 Å². The number of hydrogen-bond acceptors (Lipinski definition) is 4. The number of nitro benzene ring substituents is 1. The maximum Gasteiger partial charge on any atom is 0.337 e. The number of nitrogens with zero attached hydrogens (tertiary/aromatic N) is 2. The molecule has 0 radical (unpaired) electrons. The number of aromatic carboxylic acids is 1. The van der Waals surface area contributed by atoms with Crippen LogP contribution in [0.2, 0.25) is 5.02 Å². The Hall–Kier alpha value is -2.60. The molecule has 0 aliphatic carbocycles. The Morgan fingerprint density at radius 1 is 1.24 bits per heavy atom. The lowest BCUT2D eigenvalue weighted by Gasteiger charge is -2.21. The summed E-state index contributed by atoms with van der Waals surface area (Å²) in [5.41, 5.74) is 0.489. The molecule has 0 aromatic heterocycles. The van der Waals surface area contributed by atoms with Crippen molar-refractivity contribution in [1.29, 1.82) is 0 Å². The first-order chi connectivity index (χ1) is 9.91. The van der Waals surface area contributed by atoms with E-state index in [2.05, 4.69) is 0 Å². The molecule has 0 unspecified atom stereocenters. The van der Waals surface area contributed by atoms with E-state index in [1.807, 2.05) is 0 Å². The summed E-state index contributed by atoms with van der Waals surface area (Å²) in [6.07, 6.45) is 0. The molecule has 0 bridgehead atoms. The van der Waals surface area contributed by atoms with E-state index in [0.29, 0.717) is 5.69 Å². The van der Waals surface area contributed by atoms with E-state index in [-0.39, 0.29) is 22.0 Å². The van der Waals surface area contributed by atoms with Gasteiger partial charge in [0.1, 0.15) is 5.69 Å². The van der Waals surface area contributed by atoms with Crippen LogP contribution in [0.1, 0.15) is 10.4 Å². The van der Waals surface area contributed by atoms with Gasteiger partial charge in [0.05, 0.1) is 16.2 Å². The van der Waals surface area contributed by atoms with Crippen molar-refractivity contribution in [2.24, 2.45) is 0 Å². The topological polar surface area (TPSA) is 83.7 Å². The molecule has 6 nitrogen and oxygen atoms in total. The quantitative estimate of drug-likeness (QED) is 0.687. The third kappa shape index (κ3) is 2.95. The molecule has 108 valence electrons. The van der Waals surface area contributed by atoms with Gasteiger partial charge >= 0.3 is 5.97 Å². The Kier molecular flexibility index (Phi) is 4.09. The molecule has 0 saturated heterocycles. The van der Waals surface area contributed by atoms with Crippen LogP contribution in [-0.2, 0) is 0 Å². The normalized spacial score (nSPS) is 10.2. The van der Waals surface area contributed by atoms with Crippen molar-refractivity contribution < 1.29 is 14.8 Å². The van der Waals surface area contributed by atoms with Crippen LogP contribution in [0.15, 0.2) is 42.5 Å². The summed E-state index contributed by atoms with van der Waals surface area (Å²) in [7, 11) is 1.57. The molecule has 0 atom stereocenters. The Bertz CT molecular complexity index is 718. The molecule has 0 spiro atoms. The smallest absolute Gasteiger partial charge is 0.337 e. The standard InChI is InChI=1S/C14H11ClN2O4/c1-16(11-5-3-2-4-10(11)14(18)19)12-7-6-9(15)8-13(12)17(20)21/h2-8H,1H3,(H,18,19). The summed E-state index contributed by atoms with van der Waals surface area (Å²) in [4.78, 5) is 23.3. The predicted molar refractivity (Wildman–Crippen MR) is 79.6 cm³/mol. The highest BCUT2D eigenvalue weighted by atomic mass is 35.5. The molecule has 2 aromatic carbocycles. The summed E-state index contributed by atoms with van der Waals surface area (Å²) < 4.78 is 0. The number of halogens is 1. The molecule has 1 N–H and O–H groups in total. The SMILES string of the molecule is CN(c1ccccc1C(=O)O)c1ccc(Cl)cc1[N+](=O)[O-]. The van der Waals surface area contributed by atoms with E-state index in [1.54, 1.807) is 25.2 Å². The summed E-state index contributed by atoms with van der Waals surface area (Å²) in [5.74, 6) is -1.10. The average molecular weight is 307 g/mol. The van der Waals surface area contributed by atoms with Crippen molar-refractivity contribution in [3.8, 4) is 0 Å². The summed E-state index contributed by atoms with van der Waals surface area (Å²) in [6.45, 7) is 0. The van der Waals surface area contributed by atoms with Gasteiger partial charge in [-0.2, -0.15) is 0 Å². The number of anilines is 2. The van der Waals surface area contributed by atoms with Crippen molar-refractivity contribution in [3.63, 3.8) is 0 Å². The highest BCUT2D eigenvalue weighted by molar-refractivity contribution is 6.31. The van der Waals surface area contributed by atoms with Crippen LogP contribution in [0.5, 0.6) is 0 Å². The fourth-order valence-corrected chi connectivity index (χ4v) is 2.17. The number of hydrogen-bond donors (Lipinski definition) is 1. The highest BCUT2D eigenvalue weighted by Crippen LogP contribution is 2.35. The lowest BCUT2D eigenvalue weighted by molar-refractivity contribution is -0.384. The van der Waals surface area contributed by atoms with Crippen molar-refractivity contribution >= 4 is 34.6 Å². The molecular weight excluding hydrogens is 296 g/mol. The molecule has 0 aliphatic heterocycles. The molecular formula is C14H11ClN2O4.